The average molecular weight is 396 g/mol. The Labute approximate surface area is 167 Å². The van der Waals surface area contributed by atoms with Gasteiger partial charge in [-0.25, -0.2) is 4.39 Å². The molecule has 1 unspecified atom stereocenters. The molecular weight excluding hydrogens is 375 g/mol. The van der Waals surface area contributed by atoms with Crippen molar-refractivity contribution in [1.29, 1.82) is 0 Å². The molecule has 1 heterocycles. The number of carbonyl (C=O) groups excluding carboxylic acids is 1. The van der Waals surface area contributed by atoms with Crippen molar-refractivity contribution in [3.05, 3.63) is 72.6 Å². The summed E-state index contributed by atoms with van der Waals surface area (Å²) >= 11 is 1.27. The quantitative estimate of drug-likeness (QED) is 0.465. The van der Waals surface area contributed by atoms with E-state index in [2.05, 4.69) is 22.1 Å². The molecule has 7 heteroatoms. The Kier molecular flexibility index (Phi) is 6.26. The highest BCUT2D eigenvalue weighted by Crippen LogP contribution is 2.29. The van der Waals surface area contributed by atoms with Crippen LogP contribution >= 0.6 is 11.8 Å². The zero-order valence-electron chi connectivity index (χ0n) is 15.7. The number of thioether (sulfide) groups is 1. The van der Waals surface area contributed by atoms with Gasteiger partial charge in [-0.15, -0.1) is 16.8 Å². The van der Waals surface area contributed by atoms with Gasteiger partial charge in [-0.2, -0.15) is 0 Å². The Morgan fingerprint density at radius 1 is 1.25 bits per heavy atom. The van der Waals surface area contributed by atoms with Crippen LogP contribution < -0.4 is 5.32 Å². The van der Waals surface area contributed by atoms with Crippen LogP contribution in [0, 0.1) is 12.7 Å². The van der Waals surface area contributed by atoms with Gasteiger partial charge in [0.05, 0.1) is 10.8 Å². The minimum Gasteiger partial charge on any atom is -0.325 e. The molecule has 0 spiro atoms. The largest absolute Gasteiger partial charge is 0.325 e. The molecule has 0 aliphatic carbocycles. The fraction of sp³-hybridized carbons (Fsp3) is 0.190. The van der Waals surface area contributed by atoms with Crippen molar-refractivity contribution in [2.45, 2.75) is 30.8 Å². The highest BCUT2D eigenvalue weighted by atomic mass is 32.2. The second-order valence-electron chi connectivity index (χ2n) is 6.25. The van der Waals surface area contributed by atoms with Crippen LogP contribution in [0.15, 0.2) is 66.3 Å². The van der Waals surface area contributed by atoms with Crippen LogP contribution in [0.5, 0.6) is 0 Å². The molecule has 0 aliphatic heterocycles. The van der Waals surface area contributed by atoms with E-state index in [1.165, 1.54) is 17.8 Å². The molecule has 5 nitrogen and oxygen atoms in total. The number of carbonyl (C=O) groups is 1. The number of rotatable bonds is 7. The summed E-state index contributed by atoms with van der Waals surface area (Å²) in [4.78, 5) is 12.6. The summed E-state index contributed by atoms with van der Waals surface area (Å²) in [6.45, 7) is 7.90. The Hall–Kier alpha value is -2.93. The van der Waals surface area contributed by atoms with Gasteiger partial charge in [-0.1, -0.05) is 48.2 Å². The Balaban J connectivity index is 1.82. The second kappa shape index (κ2) is 8.84. The number of para-hydroxylation sites is 1. The number of hydrogen-bond acceptors (Lipinski definition) is 4. The molecule has 144 valence electrons. The number of anilines is 1. The first-order chi connectivity index (χ1) is 13.5. The lowest BCUT2D eigenvalue weighted by Gasteiger charge is -2.14. The highest BCUT2D eigenvalue weighted by molar-refractivity contribution is 8.00. The maximum atomic E-state index is 14.2. The fourth-order valence-corrected chi connectivity index (χ4v) is 3.53. The van der Waals surface area contributed by atoms with Gasteiger partial charge in [0.1, 0.15) is 5.82 Å². The van der Waals surface area contributed by atoms with E-state index in [1.807, 2.05) is 31.2 Å². The summed E-state index contributed by atoms with van der Waals surface area (Å²) < 4.78 is 16.0. The summed E-state index contributed by atoms with van der Waals surface area (Å²) in [5.41, 5.74) is 2.13. The van der Waals surface area contributed by atoms with E-state index in [1.54, 1.807) is 35.8 Å². The van der Waals surface area contributed by atoms with Crippen LogP contribution in [0.4, 0.5) is 10.1 Å². The molecule has 0 saturated carbocycles. The van der Waals surface area contributed by atoms with Gasteiger partial charge < -0.3 is 5.32 Å². The summed E-state index contributed by atoms with van der Waals surface area (Å²) in [6, 6.07) is 14.0. The van der Waals surface area contributed by atoms with Gasteiger partial charge in [-0.3, -0.25) is 9.36 Å². The normalized spacial score (nSPS) is 11.8. The number of aryl methyl sites for hydroxylation is 1. The first-order valence-electron chi connectivity index (χ1n) is 8.83. The number of halogens is 1. The lowest BCUT2D eigenvalue weighted by molar-refractivity contribution is -0.115. The third-order valence-electron chi connectivity index (χ3n) is 4.20. The molecule has 3 aromatic rings. The van der Waals surface area contributed by atoms with Crippen molar-refractivity contribution >= 4 is 23.4 Å². The van der Waals surface area contributed by atoms with Crippen LogP contribution in [0.25, 0.3) is 11.4 Å². The maximum Gasteiger partial charge on any atom is 0.237 e. The van der Waals surface area contributed by atoms with E-state index < -0.39 is 5.25 Å². The van der Waals surface area contributed by atoms with Crippen LogP contribution in [-0.2, 0) is 11.3 Å². The second-order valence-corrected chi connectivity index (χ2v) is 7.56. The lowest BCUT2D eigenvalue weighted by atomic mass is 10.2. The third kappa shape index (κ3) is 4.31. The molecule has 0 saturated heterocycles. The van der Waals surface area contributed by atoms with Gasteiger partial charge in [0.25, 0.3) is 0 Å². The molecule has 1 aromatic heterocycles. The number of nitrogens with zero attached hydrogens (tertiary/aromatic N) is 3. The van der Waals surface area contributed by atoms with E-state index >= 15 is 0 Å². The van der Waals surface area contributed by atoms with Gasteiger partial charge in [0.2, 0.25) is 5.91 Å². The van der Waals surface area contributed by atoms with Gasteiger partial charge >= 0.3 is 0 Å². The molecular formula is C21H21FN4OS. The minimum absolute atomic E-state index is 0.139. The first-order valence-corrected chi connectivity index (χ1v) is 9.71. The molecule has 0 fully saturated rings. The van der Waals surface area contributed by atoms with Crippen LogP contribution in [0.2, 0.25) is 0 Å². The molecule has 1 atom stereocenters. The highest BCUT2D eigenvalue weighted by Gasteiger charge is 2.22. The van der Waals surface area contributed by atoms with Crippen LogP contribution in [0.1, 0.15) is 12.5 Å². The third-order valence-corrected chi connectivity index (χ3v) is 5.28. The zero-order chi connectivity index (χ0) is 20.1. The van der Waals surface area contributed by atoms with E-state index in [-0.39, 0.29) is 11.7 Å². The lowest BCUT2D eigenvalue weighted by Crippen LogP contribution is -2.23. The summed E-state index contributed by atoms with van der Waals surface area (Å²) in [5, 5.41) is 11.4. The van der Waals surface area contributed by atoms with Gasteiger partial charge in [0.15, 0.2) is 11.0 Å². The summed E-state index contributed by atoms with van der Waals surface area (Å²) in [6.07, 6.45) is 1.69. The Morgan fingerprint density at radius 2 is 1.96 bits per heavy atom. The predicted molar refractivity (Wildman–Crippen MR) is 111 cm³/mol. The SMILES string of the molecule is C=CCn1c(SC(C)C(=O)Nc2ccccc2C)nnc1-c1ccccc1F. The van der Waals surface area contributed by atoms with E-state index in [0.29, 0.717) is 23.1 Å². The number of amides is 1. The van der Waals surface area contributed by atoms with Gasteiger partial charge in [-0.05, 0) is 37.6 Å². The van der Waals surface area contributed by atoms with E-state index in [0.717, 1.165) is 11.3 Å². The van der Waals surface area contributed by atoms with Crippen molar-refractivity contribution in [3.63, 3.8) is 0 Å². The van der Waals surface area contributed by atoms with Crippen molar-refractivity contribution in [2.75, 3.05) is 5.32 Å². The standard InChI is InChI=1S/C21H21FN4OS/c1-4-13-26-19(16-10-6-7-11-17(16)22)24-25-21(26)28-15(3)20(27)23-18-12-8-5-9-14(18)2/h4-12,15H,1,13H2,2-3H3,(H,23,27). The average Bonchev–Trinajstić information content (AvgIpc) is 3.06. The summed E-state index contributed by atoms with van der Waals surface area (Å²) in [5.74, 6) is -0.103. The minimum atomic E-state index is -0.416. The first kappa shape index (κ1) is 19.8. The molecule has 1 N–H and O–H groups in total. The zero-order valence-corrected chi connectivity index (χ0v) is 16.5. The number of aromatic nitrogens is 3. The summed E-state index contributed by atoms with van der Waals surface area (Å²) in [7, 11) is 0. The molecule has 28 heavy (non-hydrogen) atoms. The predicted octanol–water partition coefficient (Wildman–Crippen LogP) is 4.70. The molecule has 0 radical (unpaired) electrons. The maximum absolute atomic E-state index is 14.2. The van der Waals surface area contributed by atoms with E-state index in [4.69, 9.17) is 0 Å². The number of nitrogens with one attached hydrogen (secondary N) is 1. The molecule has 0 aliphatic rings. The Bertz CT molecular complexity index is 1000. The topological polar surface area (TPSA) is 59.8 Å². The van der Waals surface area contributed by atoms with Crippen LogP contribution in [-0.4, -0.2) is 25.9 Å². The molecule has 1 amide bonds. The van der Waals surface area contributed by atoms with E-state index in [9.17, 15) is 9.18 Å². The monoisotopic (exact) mass is 396 g/mol. The number of hydrogen-bond donors (Lipinski definition) is 1. The van der Waals surface area contributed by atoms with Gasteiger partial charge in [0, 0.05) is 12.2 Å². The fourth-order valence-electron chi connectivity index (χ4n) is 2.67. The number of benzene rings is 2. The Morgan fingerprint density at radius 3 is 2.68 bits per heavy atom. The van der Waals surface area contributed by atoms with Crippen molar-refractivity contribution in [2.24, 2.45) is 0 Å². The molecule has 2 aromatic carbocycles. The van der Waals surface area contributed by atoms with Crippen molar-refractivity contribution in [3.8, 4) is 11.4 Å². The number of allylic oxidation sites excluding steroid dienone is 1. The van der Waals surface area contributed by atoms with Crippen LogP contribution in [0.3, 0.4) is 0 Å². The smallest absolute Gasteiger partial charge is 0.237 e. The van der Waals surface area contributed by atoms with Crippen molar-refractivity contribution in [1.82, 2.24) is 14.8 Å². The molecule has 0 bridgehead atoms. The van der Waals surface area contributed by atoms with Crippen molar-refractivity contribution < 1.29 is 9.18 Å². The molecule has 3 rings (SSSR count).